The van der Waals surface area contributed by atoms with Crippen molar-refractivity contribution >= 4 is 0 Å². The molecule has 0 atom stereocenters. The topological polar surface area (TPSA) is 16.8 Å². The monoisotopic (exact) mass is 403 g/mol. The maximum Gasteiger partial charge on any atom is 0.216 e. The van der Waals surface area contributed by atoms with Gasteiger partial charge >= 0.3 is 0 Å². The van der Waals surface area contributed by atoms with Crippen molar-refractivity contribution in [3.8, 4) is 33.6 Å². The molecule has 2 heterocycles. The van der Waals surface area contributed by atoms with E-state index in [1.54, 1.807) is 0 Å². The lowest BCUT2D eigenvalue weighted by atomic mass is 9.93. The van der Waals surface area contributed by atoms with Crippen LogP contribution in [0.15, 0.2) is 48.7 Å². The molecular weight excluding hydrogens is 376 g/mol. The Kier molecular flexibility index (Phi) is 3.80. The maximum atomic E-state index is 5.23. The molecule has 0 unspecified atom stereocenters. The minimum Gasteiger partial charge on any atom is -0.252 e. The van der Waals surface area contributed by atoms with E-state index in [1.807, 2.05) is 0 Å². The van der Waals surface area contributed by atoms with E-state index in [0.717, 1.165) is 12.8 Å². The number of hydrogen-bond donors (Lipinski definition) is 0. The maximum absolute atomic E-state index is 5.23. The first-order valence-electron chi connectivity index (χ1n) is 11.1. The Balaban J connectivity index is 1.55. The molecule has 0 spiro atoms. The number of aromatic nitrogens is 2. The van der Waals surface area contributed by atoms with Crippen molar-refractivity contribution < 1.29 is 4.57 Å². The van der Waals surface area contributed by atoms with E-state index in [-0.39, 0.29) is 0 Å². The summed E-state index contributed by atoms with van der Waals surface area (Å²) in [7, 11) is 2.17. The number of hydrogen-bond acceptors (Lipinski definition) is 1. The smallest absolute Gasteiger partial charge is 0.216 e. The molecule has 2 nitrogen and oxygen atoms in total. The van der Waals surface area contributed by atoms with Crippen LogP contribution < -0.4 is 4.57 Å². The van der Waals surface area contributed by atoms with Crippen LogP contribution in [0.1, 0.15) is 44.6 Å². The van der Waals surface area contributed by atoms with Gasteiger partial charge in [-0.3, -0.25) is 4.98 Å². The second-order valence-corrected chi connectivity index (χ2v) is 9.43. The first kappa shape index (κ1) is 18.5. The van der Waals surface area contributed by atoms with Gasteiger partial charge in [0.1, 0.15) is 7.05 Å². The zero-order valence-electron chi connectivity index (χ0n) is 18.9. The summed E-state index contributed by atoms with van der Waals surface area (Å²) in [6, 6.07) is 16.1. The number of pyridine rings is 2. The summed E-state index contributed by atoms with van der Waals surface area (Å²) in [5.41, 5.74) is 18.6. The van der Waals surface area contributed by atoms with E-state index >= 15 is 0 Å². The van der Waals surface area contributed by atoms with Crippen molar-refractivity contribution in [2.75, 3.05) is 0 Å². The lowest BCUT2D eigenvalue weighted by molar-refractivity contribution is -0.660. The highest BCUT2D eigenvalue weighted by atomic mass is 14.9. The fourth-order valence-corrected chi connectivity index (χ4v) is 5.54. The molecular formula is C29H27N2+. The first-order valence-corrected chi connectivity index (χ1v) is 11.1. The minimum absolute atomic E-state index is 0.942. The molecule has 2 aliphatic rings. The van der Waals surface area contributed by atoms with Crippen LogP contribution in [0.3, 0.4) is 0 Å². The van der Waals surface area contributed by atoms with Crippen molar-refractivity contribution in [2.45, 2.75) is 40.5 Å². The van der Waals surface area contributed by atoms with Gasteiger partial charge in [0.25, 0.3) is 0 Å². The third kappa shape index (κ3) is 2.64. The molecule has 0 amide bonds. The molecule has 2 heteroatoms. The van der Waals surface area contributed by atoms with Crippen molar-refractivity contribution in [3.63, 3.8) is 0 Å². The second-order valence-electron chi connectivity index (χ2n) is 9.43. The molecule has 0 N–H and O–H groups in total. The highest BCUT2D eigenvalue weighted by Gasteiger charge is 2.32. The van der Waals surface area contributed by atoms with E-state index in [0.29, 0.717) is 0 Å². The van der Waals surface area contributed by atoms with Crippen LogP contribution >= 0.6 is 0 Å². The minimum atomic E-state index is 0.942. The van der Waals surface area contributed by atoms with Gasteiger partial charge < -0.3 is 0 Å². The second kappa shape index (κ2) is 6.37. The number of fused-ring (bicyclic) bond motifs is 6. The molecule has 0 bridgehead atoms. The summed E-state index contributed by atoms with van der Waals surface area (Å²) >= 11 is 0. The van der Waals surface area contributed by atoms with Crippen LogP contribution in [0.4, 0.5) is 0 Å². The largest absolute Gasteiger partial charge is 0.252 e. The highest BCUT2D eigenvalue weighted by Crippen LogP contribution is 2.45. The van der Waals surface area contributed by atoms with Crippen molar-refractivity contribution in [1.29, 1.82) is 0 Å². The van der Waals surface area contributed by atoms with E-state index in [9.17, 15) is 0 Å². The standard InChI is InChI=1S/C29H27N2/c1-16-6-7-20-15-27-25(24(20)11-16)13-21-14-26-22(28(21)30-27)8-9-31(5)29(26)23-12-17(2)10-18(3)19(23)4/h6-13H,14-15H2,1-5H3/q+1. The van der Waals surface area contributed by atoms with Gasteiger partial charge in [0.15, 0.2) is 6.20 Å². The van der Waals surface area contributed by atoms with Gasteiger partial charge in [-0.1, -0.05) is 35.4 Å². The number of aryl methyl sites for hydroxylation is 4. The lowest BCUT2D eigenvalue weighted by Crippen LogP contribution is -2.32. The third-order valence-corrected chi connectivity index (χ3v) is 7.21. The molecule has 0 aliphatic heterocycles. The Morgan fingerprint density at radius 2 is 1.55 bits per heavy atom. The van der Waals surface area contributed by atoms with E-state index in [2.05, 4.69) is 88.0 Å². The fraction of sp³-hybridized carbons (Fsp3) is 0.241. The molecule has 2 aliphatic carbocycles. The van der Waals surface area contributed by atoms with Crippen LogP contribution in [-0.2, 0) is 19.9 Å². The van der Waals surface area contributed by atoms with Crippen molar-refractivity contribution in [1.82, 2.24) is 4.98 Å². The molecule has 2 aromatic carbocycles. The van der Waals surface area contributed by atoms with Gasteiger partial charge in [-0.15, -0.1) is 0 Å². The summed E-state index contributed by atoms with van der Waals surface area (Å²) < 4.78 is 2.29. The summed E-state index contributed by atoms with van der Waals surface area (Å²) in [6.07, 6.45) is 4.09. The molecule has 6 rings (SSSR count). The Morgan fingerprint density at radius 3 is 2.39 bits per heavy atom. The average Bonchev–Trinajstić information content (AvgIpc) is 3.26. The van der Waals surface area contributed by atoms with Gasteiger partial charge in [-0.2, -0.15) is 0 Å². The Morgan fingerprint density at radius 1 is 0.742 bits per heavy atom. The summed E-state index contributed by atoms with van der Waals surface area (Å²) in [5, 5.41) is 0. The van der Waals surface area contributed by atoms with Gasteiger partial charge in [0.2, 0.25) is 5.69 Å². The molecule has 2 aromatic heterocycles. The Hall–Kier alpha value is -3.26. The predicted octanol–water partition coefficient (Wildman–Crippen LogP) is 5.95. The third-order valence-electron chi connectivity index (χ3n) is 7.21. The quantitative estimate of drug-likeness (QED) is 0.310. The molecule has 0 fully saturated rings. The van der Waals surface area contributed by atoms with E-state index in [4.69, 9.17) is 4.98 Å². The number of rotatable bonds is 1. The Bertz CT molecular complexity index is 1430. The van der Waals surface area contributed by atoms with Crippen LogP contribution in [0.2, 0.25) is 0 Å². The van der Waals surface area contributed by atoms with Crippen LogP contribution in [0, 0.1) is 27.7 Å². The van der Waals surface area contributed by atoms with E-state index in [1.165, 1.54) is 78.3 Å². The molecule has 0 radical (unpaired) electrons. The van der Waals surface area contributed by atoms with Crippen LogP contribution in [0.25, 0.3) is 33.6 Å². The SMILES string of the molecule is Cc1ccc2c(c1)-c1cc3c(nc1C2)-c1cc[n+](C)c(-c2cc(C)cc(C)c2C)c1C3. The van der Waals surface area contributed by atoms with Crippen molar-refractivity contribution in [2.24, 2.45) is 7.05 Å². The normalized spacial score (nSPS) is 13.1. The molecule has 152 valence electrons. The average molecular weight is 404 g/mol. The molecule has 0 saturated heterocycles. The van der Waals surface area contributed by atoms with Crippen molar-refractivity contribution in [3.05, 3.63) is 93.3 Å². The van der Waals surface area contributed by atoms with Gasteiger partial charge in [-0.05, 0) is 67.6 Å². The predicted molar refractivity (Wildman–Crippen MR) is 126 cm³/mol. The highest BCUT2D eigenvalue weighted by molar-refractivity contribution is 5.85. The molecule has 31 heavy (non-hydrogen) atoms. The fourth-order valence-electron chi connectivity index (χ4n) is 5.54. The van der Waals surface area contributed by atoms with Gasteiger partial charge in [0.05, 0.1) is 11.4 Å². The van der Waals surface area contributed by atoms with Crippen LogP contribution in [0.5, 0.6) is 0 Å². The molecule has 0 saturated carbocycles. The first-order chi connectivity index (χ1) is 14.9. The zero-order valence-corrected chi connectivity index (χ0v) is 18.9. The summed E-state index contributed by atoms with van der Waals surface area (Å²) in [6.45, 7) is 8.83. The number of nitrogens with zero attached hydrogens (tertiary/aromatic N) is 2. The zero-order chi connectivity index (χ0) is 21.4. The van der Waals surface area contributed by atoms with E-state index < -0.39 is 0 Å². The Labute approximate surface area is 184 Å². The van der Waals surface area contributed by atoms with Gasteiger partial charge in [0, 0.05) is 41.2 Å². The number of benzene rings is 2. The van der Waals surface area contributed by atoms with Crippen LogP contribution in [-0.4, -0.2) is 4.98 Å². The lowest BCUT2D eigenvalue weighted by Gasteiger charge is -2.12. The van der Waals surface area contributed by atoms with Gasteiger partial charge in [-0.25, -0.2) is 4.57 Å². The molecule has 4 aromatic rings. The summed E-state index contributed by atoms with van der Waals surface area (Å²) in [4.78, 5) is 5.23. The summed E-state index contributed by atoms with van der Waals surface area (Å²) in [5.74, 6) is 0.